The highest BCUT2D eigenvalue weighted by Crippen LogP contribution is 2.36. The van der Waals surface area contributed by atoms with Gasteiger partial charge in [0.25, 0.3) is 5.19 Å². The van der Waals surface area contributed by atoms with E-state index >= 15 is 0 Å². The van der Waals surface area contributed by atoms with Gasteiger partial charge in [-0.2, -0.15) is 0 Å². The number of hydrogen-bond acceptors (Lipinski definition) is 5. The summed E-state index contributed by atoms with van der Waals surface area (Å²) in [6.45, 7) is 3.71. The Balaban J connectivity index is 2.05. The van der Waals surface area contributed by atoms with Crippen molar-refractivity contribution in [2.75, 3.05) is 6.54 Å². The van der Waals surface area contributed by atoms with Crippen molar-refractivity contribution >= 4 is 46.1 Å². The summed E-state index contributed by atoms with van der Waals surface area (Å²) in [6.07, 6.45) is 1.07. The summed E-state index contributed by atoms with van der Waals surface area (Å²) in [5.41, 5.74) is 0. The maximum absolute atomic E-state index is 6.04. The SMILES string of the molecule is CCCNCc1nnc(Oc2cc(Cl)c(Cl)cc2Cl)s1. The normalized spacial score (nSPS) is 10.8. The van der Waals surface area contributed by atoms with Gasteiger partial charge in [-0.3, -0.25) is 0 Å². The van der Waals surface area contributed by atoms with E-state index in [0.717, 1.165) is 18.0 Å². The van der Waals surface area contributed by atoms with Crippen LogP contribution in [0.25, 0.3) is 0 Å². The summed E-state index contributed by atoms with van der Waals surface area (Å²) < 4.78 is 5.57. The molecule has 0 unspecified atom stereocenters. The third-order valence-electron chi connectivity index (χ3n) is 2.32. The zero-order valence-electron chi connectivity index (χ0n) is 10.6. The van der Waals surface area contributed by atoms with Gasteiger partial charge in [0.2, 0.25) is 0 Å². The van der Waals surface area contributed by atoms with Gasteiger partial charge in [0.1, 0.15) is 5.01 Å². The fourth-order valence-corrected chi connectivity index (χ4v) is 2.65. The molecule has 2 aromatic rings. The van der Waals surface area contributed by atoms with Gasteiger partial charge in [-0.05, 0) is 19.0 Å². The number of nitrogens with one attached hydrogen (secondary N) is 1. The number of benzene rings is 1. The molecule has 0 amide bonds. The summed E-state index contributed by atoms with van der Waals surface area (Å²) in [5.74, 6) is 0.408. The Morgan fingerprint density at radius 3 is 2.65 bits per heavy atom. The first kappa shape index (κ1) is 15.8. The van der Waals surface area contributed by atoms with Gasteiger partial charge in [0.15, 0.2) is 5.75 Å². The predicted molar refractivity (Wildman–Crippen MR) is 83.5 cm³/mol. The van der Waals surface area contributed by atoms with Crippen LogP contribution in [0.15, 0.2) is 12.1 Å². The number of ether oxygens (including phenoxy) is 1. The molecule has 108 valence electrons. The standard InChI is InChI=1S/C12H12Cl3N3OS/c1-2-3-16-6-11-17-18-12(20-11)19-10-5-8(14)7(13)4-9(10)15/h4-5,16H,2-3,6H2,1H3. The van der Waals surface area contributed by atoms with Crippen molar-refractivity contribution < 1.29 is 4.74 Å². The molecule has 0 bridgehead atoms. The highest BCUT2D eigenvalue weighted by atomic mass is 35.5. The lowest BCUT2D eigenvalue weighted by Crippen LogP contribution is -2.13. The van der Waals surface area contributed by atoms with Crippen molar-refractivity contribution in [2.24, 2.45) is 0 Å². The van der Waals surface area contributed by atoms with E-state index in [1.807, 2.05) is 0 Å². The van der Waals surface area contributed by atoms with Crippen molar-refractivity contribution in [2.45, 2.75) is 19.9 Å². The van der Waals surface area contributed by atoms with Crippen molar-refractivity contribution in [3.63, 3.8) is 0 Å². The Bertz CT molecular complexity index is 591. The highest BCUT2D eigenvalue weighted by molar-refractivity contribution is 7.13. The van der Waals surface area contributed by atoms with Crippen LogP contribution in [-0.4, -0.2) is 16.7 Å². The van der Waals surface area contributed by atoms with E-state index in [-0.39, 0.29) is 0 Å². The first-order chi connectivity index (χ1) is 9.60. The average molecular weight is 353 g/mol. The largest absolute Gasteiger partial charge is 0.428 e. The molecule has 1 N–H and O–H groups in total. The lowest BCUT2D eigenvalue weighted by Gasteiger charge is -2.05. The van der Waals surface area contributed by atoms with Crippen LogP contribution in [0.4, 0.5) is 0 Å². The number of nitrogens with zero attached hydrogens (tertiary/aromatic N) is 2. The Hall–Kier alpha value is -0.590. The van der Waals surface area contributed by atoms with Crippen LogP contribution < -0.4 is 10.1 Å². The Morgan fingerprint density at radius 2 is 1.90 bits per heavy atom. The molecule has 4 nitrogen and oxygen atoms in total. The molecule has 0 aliphatic rings. The quantitative estimate of drug-likeness (QED) is 0.600. The van der Waals surface area contributed by atoms with Gasteiger partial charge in [-0.25, -0.2) is 0 Å². The maximum Gasteiger partial charge on any atom is 0.299 e. The molecular formula is C12H12Cl3N3OS. The molecule has 0 saturated heterocycles. The zero-order chi connectivity index (χ0) is 14.5. The van der Waals surface area contributed by atoms with E-state index in [0.29, 0.717) is 32.6 Å². The van der Waals surface area contributed by atoms with E-state index in [1.165, 1.54) is 17.4 Å². The lowest BCUT2D eigenvalue weighted by atomic mass is 10.3. The van der Waals surface area contributed by atoms with Gasteiger partial charge in [0, 0.05) is 12.6 Å². The minimum Gasteiger partial charge on any atom is -0.428 e. The van der Waals surface area contributed by atoms with E-state index in [9.17, 15) is 0 Å². The zero-order valence-corrected chi connectivity index (χ0v) is 13.7. The number of aromatic nitrogens is 2. The summed E-state index contributed by atoms with van der Waals surface area (Å²) in [6, 6.07) is 3.09. The van der Waals surface area contributed by atoms with Crippen LogP contribution in [-0.2, 0) is 6.54 Å². The van der Waals surface area contributed by atoms with Crippen molar-refractivity contribution in [1.29, 1.82) is 0 Å². The third-order valence-corrected chi connectivity index (χ3v) is 4.14. The van der Waals surface area contributed by atoms with Crippen LogP contribution in [0.5, 0.6) is 10.9 Å². The van der Waals surface area contributed by atoms with Gasteiger partial charge in [-0.15, -0.1) is 5.10 Å². The van der Waals surface area contributed by atoms with Crippen LogP contribution in [0.3, 0.4) is 0 Å². The first-order valence-corrected chi connectivity index (χ1v) is 7.90. The fraction of sp³-hybridized carbons (Fsp3) is 0.333. The Morgan fingerprint density at radius 1 is 1.15 bits per heavy atom. The smallest absolute Gasteiger partial charge is 0.299 e. The molecule has 0 aliphatic heterocycles. The average Bonchev–Trinajstić information content (AvgIpc) is 2.84. The van der Waals surface area contributed by atoms with Crippen molar-refractivity contribution in [3.05, 3.63) is 32.2 Å². The molecule has 1 aromatic carbocycles. The summed E-state index contributed by atoms with van der Waals surface area (Å²) >= 11 is 19.2. The minimum absolute atomic E-state index is 0.375. The molecule has 0 aliphatic carbocycles. The van der Waals surface area contributed by atoms with Gasteiger partial charge >= 0.3 is 0 Å². The van der Waals surface area contributed by atoms with E-state index in [2.05, 4.69) is 22.4 Å². The third kappa shape index (κ3) is 4.20. The van der Waals surface area contributed by atoms with Gasteiger partial charge < -0.3 is 10.1 Å². The molecule has 8 heteroatoms. The molecule has 1 aromatic heterocycles. The van der Waals surface area contributed by atoms with E-state index in [4.69, 9.17) is 39.5 Å². The molecule has 0 fully saturated rings. The van der Waals surface area contributed by atoms with Crippen LogP contribution >= 0.6 is 46.1 Å². The molecule has 1 heterocycles. The second-order valence-electron chi connectivity index (χ2n) is 3.94. The molecule has 0 spiro atoms. The van der Waals surface area contributed by atoms with Crippen molar-refractivity contribution in [3.8, 4) is 10.9 Å². The summed E-state index contributed by atoms with van der Waals surface area (Å²) in [7, 11) is 0. The molecule has 20 heavy (non-hydrogen) atoms. The molecular weight excluding hydrogens is 341 g/mol. The number of hydrogen-bond donors (Lipinski definition) is 1. The van der Waals surface area contributed by atoms with Gasteiger partial charge in [-0.1, -0.05) is 58.2 Å². The Kier molecular flexibility index (Phi) is 5.86. The Labute approximate surface area is 136 Å². The van der Waals surface area contributed by atoms with Crippen LogP contribution in [0.2, 0.25) is 15.1 Å². The van der Waals surface area contributed by atoms with E-state index in [1.54, 1.807) is 6.07 Å². The second-order valence-corrected chi connectivity index (χ2v) is 6.18. The fourth-order valence-electron chi connectivity index (χ4n) is 1.40. The number of rotatable bonds is 6. The monoisotopic (exact) mass is 351 g/mol. The second kappa shape index (κ2) is 7.43. The molecule has 2 rings (SSSR count). The maximum atomic E-state index is 6.04. The van der Waals surface area contributed by atoms with E-state index < -0.39 is 0 Å². The predicted octanol–water partition coefficient (Wildman–Crippen LogP) is 4.79. The highest BCUT2D eigenvalue weighted by Gasteiger charge is 2.11. The van der Waals surface area contributed by atoms with Crippen LogP contribution in [0.1, 0.15) is 18.4 Å². The topological polar surface area (TPSA) is 47.0 Å². The molecule has 0 atom stereocenters. The molecule has 0 saturated carbocycles. The summed E-state index contributed by atoms with van der Waals surface area (Å²) in [5, 5.41) is 13.6. The van der Waals surface area contributed by atoms with Crippen molar-refractivity contribution in [1.82, 2.24) is 15.5 Å². The van der Waals surface area contributed by atoms with Crippen LogP contribution in [0, 0.1) is 0 Å². The minimum atomic E-state index is 0.375. The molecule has 0 radical (unpaired) electrons. The number of halogens is 3. The van der Waals surface area contributed by atoms with Gasteiger partial charge in [0.05, 0.1) is 15.1 Å². The lowest BCUT2D eigenvalue weighted by molar-refractivity contribution is 0.473. The summed E-state index contributed by atoms with van der Waals surface area (Å²) in [4.78, 5) is 0. The first-order valence-electron chi connectivity index (χ1n) is 5.95.